The summed E-state index contributed by atoms with van der Waals surface area (Å²) in [5.41, 5.74) is 0. The van der Waals surface area contributed by atoms with Crippen LogP contribution in [0.2, 0.25) is 0 Å². The predicted octanol–water partition coefficient (Wildman–Crippen LogP) is 1.87. The molecule has 4 aliphatic heterocycles. The zero-order valence-corrected chi connectivity index (χ0v) is 11.2. The second-order valence-corrected chi connectivity index (χ2v) is 6.76. The van der Waals surface area contributed by atoms with Gasteiger partial charge in [-0.05, 0) is 51.0 Å². The number of fused-ring (bicyclic) bond motifs is 6. The van der Waals surface area contributed by atoms with Crippen LogP contribution in [-0.4, -0.2) is 47.4 Å². The van der Waals surface area contributed by atoms with E-state index in [1.54, 1.807) is 0 Å². The Labute approximate surface area is 110 Å². The molecule has 0 unspecified atom stereocenters. The van der Waals surface area contributed by atoms with Crippen molar-refractivity contribution in [3.63, 3.8) is 0 Å². The summed E-state index contributed by atoms with van der Waals surface area (Å²) in [4.78, 5) is 17.7. The Hall–Kier alpha value is -0.570. The molecular formula is C15H24N2O. The normalized spacial score (nSPS) is 44.4. The van der Waals surface area contributed by atoms with Gasteiger partial charge in [0.05, 0.1) is 5.92 Å². The summed E-state index contributed by atoms with van der Waals surface area (Å²) in [6, 6.07) is 1.18. The molecule has 0 N–H and O–H groups in total. The van der Waals surface area contributed by atoms with Gasteiger partial charge in [-0.25, -0.2) is 0 Å². The van der Waals surface area contributed by atoms with Gasteiger partial charge in [0, 0.05) is 25.2 Å². The van der Waals surface area contributed by atoms with Gasteiger partial charge in [0.15, 0.2) is 0 Å². The Bertz CT molecular complexity index is 354. The number of piperidine rings is 4. The van der Waals surface area contributed by atoms with Crippen molar-refractivity contribution < 1.29 is 4.79 Å². The molecule has 1 amide bonds. The highest BCUT2D eigenvalue weighted by atomic mass is 16.2. The zero-order chi connectivity index (χ0) is 12.1. The number of hydrogen-bond acceptors (Lipinski definition) is 2. The second-order valence-electron chi connectivity index (χ2n) is 6.76. The summed E-state index contributed by atoms with van der Waals surface area (Å²) in [7, 11) is 0. The van der Waals surface area contributed by atoms with Crippen LogP contribution < -0.4 is 0 Å². The molecule has 100 valence electrons. The van der Waals surface area contributed by atoms with Crippen molar-refractivity contribution in [1.82, 2.24) is 9.80 Å². The number of amides is 1. The molecule has 0 aromatic rings. The van der Waals surface area contributed by atoms with Crippen LogP contribution in [0, 0.1) is 11.8 Å². The molecule has 0 saturated carbocycles. The number of rotatable bonds is 0. The number of carbonyl (C=O) groups is 1. The highest BCUT2D eigenvalue weighted by Gasteiger charge is 2.50. The topological polar surface area (TPSA) is 23.6 Å². The maximum Gasteiger partial charge on any atom is 0.227 e. The van der Waals surface area contributed by atoms with E-state index in [-0.39, 0.29) is 0 Å². The fourth-order valence-corrected chi connectivity index (χ4v) is 5.04. The van der Waals surface area contributed by atoms with E-state index in [4.69, 9.17) is 0 Å². The lowest BCUT2D eigenvalue weighted by Gasteiger charge is -2.56. The molecule has 3 nitrogen and oxygen atoms in total. The first kappa shape index (κ1) is 11.3. The van der Waals surface area contributed by atoms with Crippen LogP contribution in [0.15, 0.2) is 0 Å². The first-order valence-corrected chi connectivity index (χ1v) is 7.89. The van der Waals surface area contributed by atoms with E-state index in [1.807, 2.05) is 0 Å². The van der Waals surface area contributed by atoms with Crippen LogP contribution in [0.3, 0.4) is 0 Å². The van der Waals surface area contributed by atoms with Crippen molar-refractivity contribution in [2.24, 2.45) is 11.8 Å². The molecule has 3 heteroatoms. The Morgan fingerprint density at radius 3 is 2.61 bits per heavy atom. The lowest BCUT2D eigenvalue weighted by Crippen LogP contribution is -2.65. The average molecular weight is 248 g/mol. The summed E-state index contributed by atoms with van der Waals surface area (Å²) in [5.74, 6) is 1.63. The monoisotopic (exact) mass is 248 g/mol. The molecule has 0 aliphatic carbocycles. The Kier molecular flexibility index (Phi) is 2.65. The third kappa shape index (κ3) is 1.56. The van der Waals surface area contributed by atoms with Gasteiger partial charge in [-0.1, -0.05) is 6.42 Å². The van der Waals surface area contributed by atoms with Crippen LogP contribution in [0.1, 0.15) is 44.9 Å². The summed E-state index contributed by atoms with van der Waals surface area (Å²) < 4.78 is 0. The molecule has 4 rings (SSSR count). The molecule has 4 atom stereocenters. The lowest BCUT2D eigenvalue weighted by molar-refractivity contribution is -0.158. The van der Waals surface area contributed by atoms with E-state index >= 15 is 0 Å². The van der Waals surface area contributed by atoms with Crippen molar-refractivity contribution in [3.05, 3.63) is 0 Å². The minimum absolute atomic E-state index is 0.346. The fraction of sp³-hybridized carbons (Fsp3) is 0.933. The Balaban J connectivity index is 1.63. The SMILES string of the molecule is O=C1[C@@H]2C[C@@H](CN3CCCC[C@@H]23)[C@H]2CCCCN12. The third-order valence-corrected chi connectivity index (χ3v) is 5.85. The van der Waals surface area contributed by atoms with Gasteiger partial charge in [0.2, 0.25) is 5.91 Å². The molecule has 0 radical (unpaired) electrons. The molecule has 4 aliphatic rings. The fourth-order valence-electron chi connectivity index (χ4n) is 5.04. The third-order valence-electron chi connectivity index (χ3n) is 5.85. The van der Waals surface area contributed by atoms with Gasteiger partial charge in [0.25, 0.3) is 0 Å². The summed E-state index contributed by atoms with van der Waals surface area (Å²) in [5, 5.41) is 0. The van der Waals surface area contributed by atoms with Crippen LogP contribution in [-0.2, 0) is 4.79 Å². The smallest absolute Gasteiger partial charge is 0.227 e. The number of nitrogens with zero attached hydrogens (tertiary/aromatic N) is 2. The maximum absolute atomic E-state index is 12.7. The lowest BCUT2D eigenvalue weighted by atomic mass is 9.70. The van der Waals surface area contributed by atoms with Gasteiger partial charge in [0.1, 0.15) is 0 Å². The molecule has 0 aromatic heterocycles. The van der Waals surface area contributed by atoms with Gasteiger partial charge < -0.3 is 4.90 Å². The first-order valence-electron chi connectivity index (χ1n) is 7.89. The molecule has 18 heavy (non-hydrogen) atoms. The Morgan fingerprint density at radius 1 is 0.944 bits per heavy atom. The van der Waals surface area contributed by atoms with Gasteiger partial charge in [-0.15, -0.1) is 0 Å². The van der Waals surface area contributed by atoms with E-state index in [0.29, 0.717) is 23.9 Å². The van der Waals surface area contributed by atoms with Crippen molar-refractivity contribution in [2.75, 3.05) is 19.6 Å². The highest BCUT2D eigenvalue weighted by Crippen LogP contribution is 2.43. The van der Waals surface area contributed by atoms with Crippen LogP contribution in [0.4, 0.5) is 0 Å². The largest absolute Gasteiger partial charge is 0.339 e. The van der Waals surface area contributed by atoms with Crippen molar-refractivity contribution in [2.45, 2.75) is 57.0 Å². The highest BCUT2D eigenvalue weighted by molar-refractivity contribution is 5.81. The molecule has 0 aromatic carbocycles. The predicted molar refractivity (Wildman–Crippen MR) is 70.2 cm³/mol. The molecule has 4 heterocycles. The van der Waals surface area contributed by atoms with Crippen LogP contribution in [0.25, 0.3) is 0 Å². The zero-order valence-electron chi connectivity index (χ0n) is 11.2. The summed E-state index contributed by atoms with van der Waals surface area (Å²) in [6.07, 6.45) is 8.97. The standard InChI is InChI=1S/C15H24N2O/c18-15-12-9-11(13-5-2-4-8-17(13)15)10-16-7-3-1-6-14(12)16/h11-14H,1-10H2/t11-,12+,13+,14-/m0/s1. The second kappa shape index (κ2) is 4.22. The summed E-state index contributed by atoms with van der Waals surface area (Å²) >= 11 is 0. The molecular weight excluding hydrogens is 224 g/mol. The maximum atomic E-state index is 12.7. The van der Waals surface area contributed by atoms with Crippen molar-refractivity contribution >= 4 is 5.91 Å². The summed E-state index contributed by atoms with van der Waals surface area (Å²) in [6.45, 7) is 3.57. The number of carbonyl (C=O) groups excluding carboxylic acids is 1. The van der Waals surface area contributed by atoms with E-state index in [9.17, 15) is 4.79 Å². The molecule has 0 spiro atoms. The Morgan fingerprint density at radius 2 is 1.72 bits per heavy atom. The molecule has 4 fully saturated rings. The number of hydrogen-bond donors (Lipinski definition) is 0. The van der Waals surface area contributed by atoms with E-state index in [0.717, 1.165) is 12.5 Å². The van der Waals surface area contributed by atoms with Gasteiger partial charge in [-0.2, -0.15) is 0 Å². The van der Waals surface area contributed by atoms with Crippen molar-refractivity contribution in [3.8, 4) is 0 Å². The van der Waals surface area contributed by atoms with E-state index in [1.165, 1.54) is 58.0 Å². The first-order chi connectivity index (χ1) is 8.84. The minimum Gasteiger partial charge on any atom is -0.339 e. The van der Waals surface area contributed by atoms with Gasteiger partial charge in [-0.3, -0.25) is 9.69 Å². The molecule has 2 bridgehead atoms. The average Bonchev–Trinajstić information content (AvgIpc) is 2.44. The van der Waals surface area contributed by atoms with Crippen LogP contribution in [0.5, 0.6) is 0 Å². The van der Waals surface area contributed by atoms with Crippen molar-refractivity contribution in [1.29, 1.82) is 0 Å². The van der Waals surface area contributed by atoms with Gasteiger partial charge >= 0.3 is 0 Å². The van der Waals surface area contributed by atoms with E-state index in [2.05, 4.69) is 9.80 Å². The van der Waals surface area contributed by atoms with E-state index < -0.39 is 0 Å². The quantitative estimate of drug-likeness (QED) is 0.653. The molecule has 4 saturated heterocycles. The minimum atomic E-state index is 0.346. The van der Waals surface area contributed by atoms with Crippen LogP contribution >= 0.6 is 0 Å².